The van der Waals surface area contributed by atoms with E-state index in [-0.39, 0.29) is 5.91 Å². The average molecular weight is 379 g/mol. The Morgan fingerprint density at radius 2 is 2.00 bits per heavy atom. The van der Waals surface area contributed by atoms with Crippen molar-refractivity contribution in [2.75, 3.05) is 26.2 Å². The van der Waals surface area contributed by atoms with Crippen LogP contribution in [0.1, 0.15) is 33.8 Å². The van der Waals surface area contributed by atoms with Gasteiger partial charge in [-0.3, -0.25) is 9.69 Å². The summed E-state index contributed by atoms with van der Waals surface area (Å²) < 4.78 is 10.7. The number of benzene rings is 1. The van der Waals surface area contributed by atoms with Crippen LogP contribution in [0.2, 0.25) is 0 Å². The third kappa shape index (κ3) is 3.87. The molecule has 0 N–H and O–H groups in total. The van der Waals surface area contributed by atoms with E-state index in [4.69, 9.17) is 8.94 Å². The quantitative estimate of drug-likeness (QED) is 0.688. The Morgan fingerprint density at radius 3 is 2.75 bits per heavy atom. The van der Waals surface area contributed by atoms with Crippen LogP contribution < -0.4 is 0 Å². The minimum Gasteiger partial charge on any atom is -0.464 e. The Bertz CT molecular complexity index is 926. The molecule has 1 amide bonds. The molecular weight excluding hydrogens is 354 g/mol. The minimum atomic E-state index is 0.0258. The van der Waals surface area contributed by atoms with Gasteiger partial charge >= 0.3 is 0 Å². The molecule has 146 valence electrons. The third-order valence-electron chi connectivity index (χ3n) is 5.26. The number of hydrogen-bond donors (Lipinski definition) is 0. The van der Waals surface area contributed by atoms with Crippen molar-refractivity contribution in [2.45, 2.75) is 26.8 Å². The molecule has 6 heteroatoms. The molecule has 1 saturated heterocycles. The lowest BCUT2D eigenvalue weighted by molar-refractivity contribution is 0.0758. The number of nitrogens with zero attached hydrogens (tertiary/aromatic N) is 3. The molecule has 0 spiro atoms. The highest BCUT2D eigenvalue weighted by molar-refractivity contribution is 5.96. The van der Waals surface area contributed by atoms with Crippen molar-refractivity contribution in [3.63, 3.8) is 0 Å². The van der Waals surface area contributed by atoms with Crippen molar-refractivity contribution in [1.82, 2.24) is 15.0 Å². The molecule has 3 aromatic rings. The SMILES string of the molecule is Cc1noc(C)c1C(=O)N1CCCN(Cc2cccc(-c3ccco3)c2)CC1. The number of aromatic nitrogens is 1. The van der Waals surface area contributed by atoms with Crippen LogP contribution in [0.3, 0.4) is 0 Å². The van der Waals surface area contributed by atoms with E-state index in [2.05, 4.69) is 34.3 Å². The number of carbonyl (C=O) groups is 1. The average Bonchev–Trinajstić information content (AvgIpc) is 3.27. The Kier molecular flexibility index (Phi) is 5.30. The molecule has 1 aromatic carbocycles. The van der Waals surface area contributed by atoms with E-state index in [0.29, 0.717) is 23.6 Å². The first-order chi connectivity index (χ1) is 13.6. The van der Waals surface area contributed by atoms with E-state index in [1.807, 2.05) is 24.0 Å². The van der Waals surface area contributed by atoms with Gasteiger partial charge in [-0.05, 0) is 44.0 Å². The van der Waals surface area contributed by atoms with E-state index in [9.17, 15) is 4.79 Å². The Labute approximate surface area is 164 Å². The summed E-state index contributed by atoms with van der Waals surface area (Å²) in [6.45, 7) is 7.76. The van der Waals surface area contributed by atoms with Crippen LogP contribution in [0.5, 0.6) is 0 Å². The summed E-state index contributed by atoms with van der Waals surface area (Å²) >= 11 is 0. The molecule has 0 atom stereocenters. The molecule has 3 heterocycles. The summed E-state index contributed by atoms with van der Waals surface area (Å²) in [5, 5.41) is 3.92. The van der Waals surface area contributed by atoms with E-state index < -0.39 is 0 Å². The second kappa shape index (κ2) is 8.02. The Morgan fingerprint density at radius 1 is 1.11 bits per heavy atom. The molecule has 0 bridgehead atoms. The van der Waals surface area contributed by atoms with Crippen LogP contribution >= 0.6 is 0 Å². The van der Waals surface area contributed by atoms with Gasteiger partial charge in [-0.2, -0.15) is 0 Å². The van der Waals surface area contributed by atoms with Gasteiger partial charge in [0.25, 0.3) is 5.91 Å². The molecule has 1 fully saturated rings. The Balaban J connectivity index is 1.41. The second-order valence-corrected chi connectivity index (χ2v) is 7.30. The summed E-state index contributed by atoms with van der Waals surface area (Å²) in [6.07, 6.45) is 2.65. The first-order valence-electron chi connectivity index (χ1n) is 9.69. The van der Waals surface area contributed by atoms with Gasteiger partial charge in [0.05, 0.1) is 12.0 Å². The molecule has 0 aliphatic carbocycles. The monoisotopic (exact) mass is 379 g/mol. The fourth-order valence-electron chi connectivity index (χ4n) is 3.80. The lowest BCUT2D eigenvalue weighted by atomic mass is 10.1. The van der Waals surface area contributed by atoms with Gasteiger partial charge in [-0.25, -0.2) is 0 Å². The molecule has 0 unspecified atom stereocenters. The van der Waals surface area contributed by atoms with Crippen molar-refractivity contribution in [2.24, 2.45) is 0 Å². The molecule has 4 rings (SSSR count). The molecule has 6 nitrogen and oxygen atoms in total. The van der Waals surface area contributed by atoms with Gasteiger partial charge < -0.3 is 13.8 Å². The third-order valence-corrected chi connectivity index (χ3v) is 5.26. The van der Waals surface area contributed by atoms with Crippen molar-refractivity contribution < 1.29 is 13.7 Å². The van der Waals surface area contributed by atoms with E-state index in [1.165, 1.54) is 5.56 Å². The topological polar surface area (TPSA) is 62.7 Å². The number of furan rings is 1. The zero-order valence-corrected chi connectivity index (χ0v) is 16.4. The molecule has 28 heavy (non-hydrogen) atoms. The van der Waals surface area contributed by atoms with Crippen LogP contribution in [0, 0.1) is 13.8 Å². The zero-order chi connectivity index (χ0) is 19.5. The highest BCUT2D eigenvalue weighted by atomic mass is 16.5. The molecular formula is C22H25N3O3. The number of carbonyl (C=O) groups excluding carboxylic acids is 1. The number of rotatable bonds is 4. The summed E-state index contributed by atoms with van der Waals surface area (Å²) in [7, 11) is 0. The fourth-order valence-corrected chi connectivity index (χ4v) is 3.80. The molecule has 0 radical (unpaired) electrons. The Hall–Kier alpha value is -2.86. The van der Waals surface area contributed by atoms with Crippen LogP contribution in [-0.2, 0) is 6.54 Å². The van der Waals surface area contributed by atoms with Gasteiger partial charge in [0.15, 0.2) is 0 Å². The lowest BCUT2D eigenvalue weighted by Gasteiger charge is -2.22. The van der Waals surface area contributed by atoms with E-state index in [0.717, 1.165) is 43.9 Å². The van der Waals surface area contributed by atoms with Gasteiger partial charge in [0.2, 0.25) is 0 Å². The van der Waals surface area contributed by atoms with Crippen molar-refractivity contribution in [1.29, 1.82) is 0 Å². The second-order valence-electron chi connectivity index (χ2n) is 7.30. The van der Waals surface area contributed by atoms with Crippen molar-refractivity contribution in [3.8, 4) is 11.3 Å². The van der Waals surface area contributed by atoms with Gasteiger partial charge in [-0.1, -0.05) is 23.4 Å². The number of amides is 1. The summed E-state index contributed by atoms with van der Waals surface area (Å²) in [5.41, 5.74) is 3.62. The maximum Gasteiger partial charge on any atom is 0.259 e. The highest BCUT2D eigenvalue weighted by Gasteiger charge is 2.25. The normalized spacial score (nSPS) is 15.6. The maximum absolute atomic E-state index is 12.9. The first kappa shape index (κ1) is 18.5. The van der Waals surface area contributed by atoms with Crippen LogP contribution in [0.15, 0.2) is 51.6 Å². The van der Waals surface area contributed by atoms with Gasteiger partial charge in [0, 0.05) is 38.3 Å². The van der Waals surface area contributed by atoms with Crippen LogP contribution in [-0.4, -0.2) is 47.0 Å². The summed E-state index contributed by atoms with van der Waals surface area (Å²) in [6, 6.07) is 12.3. The standard InChI is InChI=1S/C22H25N3O3/c1-16-21(17(2)28-23-16)22(26)25-10-5-9-24(11-12-25)15-18-6-3-7-19(14-18)20-8-4-13-27-20/h3-4,6-8,13-14H,5,9-12,15H2,1-2H3. The highest BCUT2D eigenvalue weighted by Crippen LogP contribution is 2.22. The number of aryl methyl sites for hydroxylation is 2. The molecule has 0 saturated carbocycles. The van der Waals surface area contributed by atoms with Gasteiger partial charge in [-0.15, -0.1) is 0 Å². The van der Waals surface area contributed by atoms with Crippen LogP contribution in [0.4, 0.5) is 0 Å². The minimum absolute atomic E-state index is 0.0258. The van der Waals surface area contributed by atoms with E-state index >= 15 is 0 Å². The fraction of sp³-hybridized carbons (Fsp3) is 0.364. The van der Waals surface area contributed by atoms with Crippen molar-refractivity contribution >= 4 is 5.91 Å². The molecule has 1 aliphatic heterocycles. The molecule has 1 aliphatic rings. The first-order valence-corrected chi connectivity index (χ1v) is 9.69. The summed E-state index contributed by atoms with van der Waals surface area (Å²) in [5.74, 6) is 1.50. The summed E-state index contributed by atoms with van der Waals surface area (Å²) in [4.78, 5) is 17.2. The predicted molar refractivity (Wildman–Crippen MR) is 106 cm³/mol. The lowest BCUT2D eigenvalue weighted by Crippen LogP contribution is -2.35. The maximum atomic E-state index is 12.9. The van der Waals surface area contributed by atoms with Gasteiger partial charge in [0.1, 0.15) is 17.1 Å². The smallest absolute Gasteiger partial charge is 0.259 e. The predicted octanol–water partition coefficient (Wildman–Crippen LogP) is 3.90. The molecule has 2 aromatic heterocycles. The van der Waals surface area contributed by atoms with E-state index in [1.54, 1.807) is 13.2 Å². The number of hydrogen-bond acceptors (Lipinski definition) is 5. The van der Waals surface area contributed by atoms with Crippen molar-refractivity contribution in [3.05, 3.63) is 65.2 Å². The largest absolute Gasteiger partial charge is 0.464 e. The zero-order valence-electron chi connectivity index (χ0n) is 16.4. The van der Waals surface area contributed by atoms with Crippen LogP contribution in [0.25, 0.3) is 11.3 Å².